The molecule has 2 rings (SSSR count). The average molecular weight is 457 g/mol. The summed E-state index contributed by atoms with van der Waals surface area (Å²) in [6.45, 7) is 2.14. The second kappa shape index (κ2) is 11.1. The Hall–Kier alpha value is -2.40. The van der Waals surface area contributed by atoms with E-state index in [0.717, 1.165) is 49.7 Å². The molecule has 0 fully saturated rings. The van der Waals surface area contributed by atoms with Crippen molar-refractivity contribution in [3.05, 3.63) is 28.9 Å². The highest BCUT2D eigenvalue weighted by Gasteiger charge is 2.19. The van der Waals surface area contributed by atoms with Crippen LogP contribution in [0, 0.1) is 0 Å². The summed E-state index contributed by atoms with van der Waals surface area (Å²) in [6, 6.07) is 1.31. The molecule has 2 heterocycles. The summed E-state index contributed by atoms with van der Waals surface area (Å²) in [7, 11) is -3.47. The zero-order valence-electron chi connectivity index (χ0n) is 17.1. The highest BCUT2D eigenvalue weighted by Crippen LogP contribution is 2.27. The summed E-state index contributed by atoms with van der Waals surface area (Å²) in [5.41, 5.74) is 0.600. The van der Waals surface area contributed by atoms with E-state index in [1.165, 1.54) is 11.6 Å². The number of aromatic nitrogens is 2. The van der Waals surface area contributed by atoms with Crippen LogP contribution in [0.4, 0.5) is 5.13 Å². The Balaban J connectivity index is 2.07. The number of sulfonamides is 1. The molecule has 30 heavy (non-hydrogen) atoms. The minimum absolute atomic E-state index is 0.115. The largest absolute Gasteiger partial charge is 0.503 e. The molecule has 1 atom stereocenters. The third kappa shape index (κ3) is 7.79. The van der Waals surface area contributed by atoms with Crippen LogP contribution in [0.25, 0.3) is 0 Å². The fourth-order valence-electron chi connectivity index (χ4n) is 2.97. The van der Waals surface area contributed by atoms with Crippen molar-refractivity contribution in [2.24, 2.45) is 0 Å². The number of thiazole rings is 1. The van der Waals surface area contributed by atoms with Crippen molar-refractivity contribution in [2.45, 2.75) is 57.9 Å². The molecule has 166 valence electrons. The van der Waals surface area contributed by atoms with E-state index >= 15 is 0 Å². The normalized spacial score (nSPS) is 12.5. The van der Waals surface area contributed by atoms with E-state index in [0.29, 0.717) is 18.4 Å². The number of nitrogens with one attached hydrogen (secondary N) is 2. The highest BCUT2D eigenvalue weighted by atomic mass is 32.2. The number of pyridine rings is 1. The van der Waals surface area contributed by atoms with Gasteiger partial charge in [-0.1, -0.05) is 39.0 Å². The van der Waals surface area contributed by atoms with Crippen molar-refractivity contribution in [2.75, 3.05) is 11.0 Å². The summed E-state index contributed by atoms with van der Waals surface area (Å²) in [4.78, 5) is 20.3. The van der Waals surface area contributed by atoms with E-state index in [1.807, 2.05) is 0 Å². The lowest BCUT2D eigenvalue weighted by molar-refractivity contribution is 0.0929. The molecule has 4 N–H and O–H groups in total. The predicted molar refractivity (Wildman–Crippen MR) is 116 cm³/mol. The Morgan fingerprint density at radius 3 is 2.67 bits per heavy atom. The Morgan fingerprint density at radius 1 is 1.23 bits per heavy atom. The third-order valence-corrected chi connectivity index (χ3v) is 5.91. The molecule has 1 amide bonds. The highest BCUT2D eigenvalue weighted by molar-refractivity contribution is 7.92. The van der Waals surface area contributed by atoms with Gasteiger partial charge < -0.3 is 15.5 Å². The lowest BCUT2D eigenvalue weighted by Crippen LogP contribution is -2.36. The average Bonchev–Trinajstić information content (AvgIpc) is 3.12. The number of aromatic hydroxyl groups is 2. The number of amides is 1. The van der Waals surface area contributed by atoms with Gasteiger partial charge >= 0.3 is 0 Å². The number of hydrogen-bond acceptors (Lipinski definition) is 8. The quantitative estimate of drug-likeness (QED) is 0.360. The van der Waals surface area contributed by atoms with Gasteiger partial charge in [-0.3, -0.25) is 9.52 Å². The van der Waals surface area contributed by atoms with Crippen LogP contribution in [0.3, 0.4) is 0 Å². The van der Waals surface area contributed by atoms with Crippen molar-refractivity contribution in [3.8, 4) is 11.6 Å². The number of anilines is 1. The van der Waals surface area contributed by atoms with Crippen molar-refractivity contribution >= 4 is 32.4 Å². The van der Waals surface area contributed by atoms with Crippen molar-refractivity contribution in [3.63, 3.8) is 0 Å². The summed E-state index contributed by atoms with van der Waals surface area (Å²) >= 11 is 1.02. The molecule has 2 aromatic heterocycles. The molecule has 0 aliphatic rings. The van der Waals surface area contributed by atoms with Crippen LogP contribution in [0.5, 0.6) is 11.6 Å². The number of unbranched alkanes of at least 4 members (excludes halogenated alkanes) is 4. The maximum Gasteiger partial charge on any atom is 0.271 e. The first kappa shape index (κ1) is 23.9. The Bertz CT molecular complexity index is 946. The van der Waals surface area contributed by atoms with E-state index < -0.39 is 21.8 Å². The van der Waals surface area contributed by atoms with Gasteiger partial charge in [0, 0.05) is 23.2 Å². The first-order chi connectivity index (χ1) is 14.2. The molecule has 0 aliphatic heterocycles. The van der Waals surface area contributed by atoms with Gasteiger partial charge in [0.15, 0.2) is 10.9 Å². The van der Waals surface area contributed by atoms with Crippen LogP contribution in [-0.4, -0.2) is 46.8 Å². The number of rotatable bonds is 12. The van der Waals surface area contributed by atoms with Gasteiger partial charge in [-0.15, -0.1) is 11.3 Å². The van der Waals surface area contributed by atoms with E-state index in [4.69, 9.17) is 0 Å². The van der Waals surface area contributed by atoms with Gasteiger partial charge in [0.05, 0.1) is 6.26 Å². The molecule has 0 radical (unpaired) electrons. The fraction of sp³-hybridized carbons (Fsp3) is 0.526. The van der Waals surface area contributed by atoms with Crippen LogP contribution < -0.4 is 10.0 Å². The minimum atomic E-state index is -3.47. The maximum absolute atomic E-state index is 12.6. The lowest BCUT2D eigenvalue weighted by atomic mass is 9.99. The van der Waals surface area contributed by atoms with Crippen molar-refractivity contribution in [1.29, 1.82) is 0 Å². The maximum atomic E-state index is 12.6. The molecule has 0 bridgehead atoms. The number of hydrogen-bond donors (Lipinski definition) is 4. The first-order valence-electron chi connectivity index (χ1n) is 9.79. The zero-order valence-corrected chi connectivity index (χ0v) is 18.7. The second-order valence-electron chi connectivity index (χ2n) is 7.13. The molecule has 0 saturated carbocycles. The van der Waals surface area contributed by atoms with Crippen LogP contribution in [-0.2, 0) is 16.4 Å². The van der Waals surface area contributed by atoms with Crippen LogP contribution in [0.1, 0.15) is 61.5 Å². The number of nitrogens with zero attached hydrogens (tertiary/aromatic N) is 2. The SMILES string of the molecule is CCCCCCCC(Cc1ccnc(O)c1O)NC(=O)c1csc(NS(C)(=O)=O)n1. The predicted octanol–water partition coefficient (Wildman–Crippen LogP) is 3.02. The lowest BCUT2D eigenvalue weighted by Gasteiger charge is -2.19. The third-order valence-electron chi connectivity index (χ3n) is 4.46. The van der Waals surface area contributed by atoms with Crippen molar-refractivity contribution < 1.29 is 23.4 Å². The molecule has 0 aliphatic carbocycles. The van der Waals surface area contributed by atoms with Crippen LogP contribution >= 0.6 is 11.3 Å². The van der Waals surface area contributed by atoms with E-state index in [-0.39, 0.29) is 22.6 Å². The van der Waals surface area contributed by atoms with Gasteiger partial charge in [0.25, 0.3) is 11.8 Å². The molecule has 11 heteroatoms. The Labute approximate surface area is 180 Å². The fourth-order valence-corrected chi connectivity index (χ4v) is 4.52. The minimum Gasteiger partial charge on any atom is -0.503 e. The van der Waals surface area contributed by atoms with Gasteiger partial charge in [0.2, 0.25) is 10.0 Å². The molecular weight excluding hydrogens is 428 g/mol. The summed E-state index contributed by atoms with van der Waals surface area (Å²) in [5.74, 6) is -1.17. The molecule has 0 spiro atoms. The number of carbonyl (C=O) groups is 1. The Morgan fingerprint density at radius 2 is 1.97 bits per heavy atom. The summed E-state index contributed by atoms with van der Waals surface area (Å²) in [5, 5.41) is 24.2. The summed E-state index contributed by atoms with van der Waals surface area (Å²) in [6.07, 6.45) is 8.77. The van der Waals surface area contributed by atoms with Gasteiger partial charge in [-0.05, 0) is 18.9 Å². The molecule has 1 unspecified atom stereocenters. The monoisotopic (exact) mass is 456 g/mol. The van der Waals surface area contributed by atoms with Gasteiger partial charge in [-0.25, -0.2) is 18.4 Å². The van der Waals surface area contributed by atoms with E-state index in [1.54, 1.807) is 6.07 Å². The van der Waals surface area contributed by atoms with E-state index in [2.05, 4.69) is 26.9 Å². The van der Waals surface area contributed by atoms with Crippen molar-refractivity contribution in [1.82, 2.24) is 15.3 Å². The molecule has 9 nitrogen and oxygen atoms in total. The van der Waals surface area contributed by atoms with Crippen LogP contribution in [0.15, 0.2) is 17.6 Å². The van der Waals surface area contributed by atoms with Crippen LogP contribution in [0.2, 0.25) is 0 Å². The molecule has 0 saturated heterocycles. The Kier molecular flexibility index (Phi) is 8.85. The number of carbonyl (C=O) groups excluding carboxylic acids is 1. The molecule has 0 aromatic carbocycles. The van der Waals surface area contributed by atoms with Gasteiger partial charge in [-0.2, -0.15) is 0 Å². The molecule has 2 aromatic rings. The topological polar surface area (TPSA) is 142 Å². The smallest absolute Gasteiger partial charge is 0.271 e. The first-order valence-corrected chi connectivity index (χ1v) is 12.6. The summed E-state index contributed by atoms with van der Waals surface area (Å²) < 4.78 is 24.9. The second-order valence-corrected chi connectivity index (χ2v) is 9.74. The molecular formula is C19H28N4O5S2. The zero-order chi connectivity index (χ0) is 22.1. The van der Waals surface area contributed by atoms with E-state index in [9.17, 15) is 23.4 Å². The van der Waals surface area contributed by atoms with Gasteiger partial charge in [0.1, 0.15) is 5.69 Å². The standard InChI is InChI=1S/C19H28N4O5S2/c1-3-4-5-6-7-8-14(11-13-9-10-20-18(26)16(13)24)21-17(25)15-12-29-19(22-15)23-30(2,27)28/h9-10,12,14,24H,3-8,11H2,1-2H3,(H,20,26)(H,21,25)(H,22,23).